The summed E-state index contributed by atoms with van der Waals surface area (Å²) in [6.07, 6.45) is 2.39. The Labute approximate surface area is 143 Å². The van der Waals surface area contributed by atoms with Gasteiger partial charge in [-0.15, -0.1) is 0 Å². The minimum atomic E-state index is -0.929. The van der Waals surface area contributed by atoms with Crippen LogP contribution < -0.4 is 0 Å². The molecule has 0 saturated carbocycles. The van der Waals surface area contributed by atoms with E-state index in [9.17, 15) is 14.7 Å². The molecule has 3 rings (SSSR count). The molecule has 2 saturated heterocycles. The van der Waals surface area contributed by atoms with Gasteiger partial charge in [0.15, 0.2) is 0 Å². The van der Waals surface area contributed by atoms with Gasteiger partial charge in [0.05, 0.1) is 0 Å². The van der Waals surface area contributed by atoms with Crippen molar-refractivity contribution in [3.05, 3.63) is 35.9 Å². The second-order valence-electron chi connectivity index (χ2n) is 7.24. The van der Waals surface area contributed by atoms with E-state index >= 15 is 0 Å². The third kappa shape index (κ3) is 3.61. The molecule has 2 aliphatic rings. The maximum absolute atomic E-state index is 12.3. The fourth-order valence-electron chi connectivity index (χ4n) is 3.92. The molecule has 0 radical (unpaired) electrons. The molecule has 2 heterocycles. The molecular weight excluding hydrogens is 304 g/mol. The zero-order valence-electron chi connectivity index (χ0n) is 14.3. The van der Waals surface area contributed by atoms with Crippen molar-refractivity contribution in [3.8, 4) is 0 Å². The van der Waals surface area contributed by atoms with Gasteiger partial charge in [-0.25, -0.2) is 0 Å². The third-order valence-electron chi connectivity index (χ3n) is 5.46. The first-order valence-corrected chi connectivity index (χ1v) is 8.78. The zero-order chi connectivity index (χ0) is 17.2. The molecule has 1 aromatic carbocycles. The van der Waals surface area contributed by atoms with Gasteiger partial charge in [0.1, 0.15) is 6.10 Å². The molecule has 1 aromatic rings. The van der Waals surface area contributed by atoms with E-state index in [1.807, 2.05) is 23.1 Å². The number of rotatable bonds is 3. The van der Waals surface area contributed by atoms with E-state index in [1.165, 1.54) is 6.92 Å². The summed E-state index contributed by atoms with van der Waals surface area (Å²) in [6, 6.07) is 10.1. The van der Waals surface area contributed by atoms with Gasteiger partial charge in [-0.1, -0.05) is 30.3 Å². The van der Waals surface area contributed by atoms with Crippen molar-refractivity contribution >= 4 is 11.8 Å². The van der Waals surface area contributed by atoms with Crippen LogP contribution in [0.5, 0.6) is 0 Å². The van der Waals surface area contributed by atoms with Gasteiger partial charge < -0.3 is 14.9 Å². The summed E-state index contributed by atoms with van der Waals surface area (Å²) in [5.41, 5.74) is 1.28. The van der Waals surface area contributed by atoms with E-state index < -0.39 is 6.10 Å². The maximum atomic E-state index is 12.3. The maximum Gasteiger partial charge on any atom is 0.251 e. The quantitative estimate of drug-likeness (QED) is 0.919. The lowest BCUT2D eigenvalue weighted by Gasteiger charge is -2.47. The molecule has 1 spiro atoms. The van der Waals surface area contributed by atoms with Crippen molar-refractivity contribution in [2.45, 2.75) is 45.3 Å². The van der Waals surface area contributed by atoms with Crippen LogP contribution in [0.3, 0.4) is 0 Å². The van der Waals surface area contributed by atoms with Crippen molar-refractivity contribution in [3.63, 3.8) is 0 Å². The van der Waals surface area contributed by atoms with Gasteiger partial charge in [-0.2, -0.15) is 0 Å². The van der Waals surface area contributed by atoms with E-state index in [0.29, 0.717) is 26.1 Å². The molecule has 5 nitrogen and oxygen atoms in total. The molecule has 24 heavy (non-hydrogen) atoms. The average molecular weight is 330 g/mol. The molecule has 2 fully saturated rings. The highest BCUT2D eigenvalue weighted by atomic mass is 16.3. The molecule has 0 aromatic heterocycles. The second-order valence-corrected chi connectivity index (χ2v) is 7.24. The minimum Gasteiger partial charge on any atom is -0.384 e. The standard InChI is InChI=1S/C19H26N2O3/c1-15(22)18(24)20-11-9-19(10-12-20)8-7-17(23)21(14-19)13-16-5-3-2-4-6-16/h2-6,15,22H,7-14H2,1H3. The smallest absolute Gasteiger partial charge is 0.251 e. The van der Waals surface area contributed by atoms with Crippen molar-refractivity contribution in [2.75, 3.05) is 19.6 Å². The number of aliphatic hydroxyl groups excluding tert-OH is 1. The van der Waals surface area contributed by atoms with Crippen LogP contribution in [-0.4, -0.2) is 52.5 Å². The summed E-state index contributed by atoms with van der Waals surface area (Å²) < 4.78 is 0. The first-order chi connectivity index (χ1) is 11.5. The Morgan fingerprint density at radius 1 is 1.21 bits per heavy atom. The Bertz CT molecular complexity index is 592. The number of hydrogen-bond donors (Lipinski definition) is 1. The molecule has 2 amide bonds. The monoisotopic (exact) mass is 330 g/mol. The van der Waals surface area contributed by atoms with Crippen LogP contribution in [0.4, 0.5) is 0 Å². The van der Waals surface area contributed by atoms with Crippen molar-refractivity contribution in [1.29, 1.82) is 0 Å². The lowest BCUT2D eigenvalue weighted by atomic mass is 9.72. The summed E-state index contributed by atoms with van der Waals surface area (Å²) in [5.74, 6) is 0.0461. The highest BCUT2D eigenvalue weighted by Crippen LogP contribution is 2.40. The number of carbonyl (C=O) groups excluding carboxylic acids is 2. The van der Waals surface area contributed by atoms with E-state index in [4.69, 9.17) is 0 Å². The molecule has 2 aliphatic heterocycles. The van der Waals surface area contributed by atoms with E-state index in [-0.39, 0.29) is 17.2 Å². The number of nitrogens with zero attached hydrogens (tertiary/aromatic N) is 2. The Balaban J connectivity index is 1.63. The highest BCUT2D eigenvalue weighted by molar-refractivity contribution is 5.80. The van der Waals surface area contributed by atoms with Crippen LogP contribution in [0.2, 0.25) is 0 Å². The fraction of sp³-hybridized carbons (Fsp3) is 0.579. The average Bonchev–Trinajstić information content (AvgIpc) is 2.59. The van der Waals surface area contributed by atoms with Gasteiger partial charge in [0.2, 0.25) is 5.91 Å². The SMILES string of the molecule is CC(O)C(=O)N1CCC2(CCC(=O)N(Cc3ccccc3)C2)CC1. The van der Waals surface area contributed by atoms with Crippen molar-refractivity contribution in [1.82, 2.24) is 9.80 Å². The third-order valence-corrected chi connectivity index (χ3v) is 5.46. The van der Waals surface area contributed by atoms with E-state index in [2.05, 4.69) is 12.1 Å². The fourth-order valence-corrected chi connectivity index (χ4v) is 3.92. The number of carbonyl (C=O) groups is 2. The number of likely N-dealkylation sites (tertiary alicyclic amines) is 2. The first kappa shape index (κ1) is 17.0. The van der Waals surface area contributed by atoms with Crippen molar-refractivity contribution in [2.24, 2.45) is 5.41 Å². The minimum absolute atomic E-state index is 0.123. The summed E-state index contributed by atoms with van der Waals surface area (Å²) >= 11 is 0. The molecule has 1 N–H and O–H groups in total. The molecular formula is C19H26N2O3. The predicted octanol–water partition coefficient (Wildman–Crippen LogP) is 1.80. The van der Waals surface area contributed by atoms with Gasteiger partial charge in [-0.05, 0) is 37.2 Å². The van der Waals surface area contributed by atoms with Gasteiger partial charge in [0, 0.05) is 32.6 Å². The Hall–Kier alpha value is -1.88. The van der Waals surface area contributed by atoms with E-state index in [0.717, 1.165) is 31.4 Å². The summed E-state index contributed by atoms with van der Waals surface area (Å²) in [7, 11) is 0. The van der Waals surface area contributed by atoms with Crippen LogP contribution in [0, 0.1) is 5.41 Å². The number of piperidine rings is 2. The molecule has 1 unspecified atom stereocenters. The Morgan fingerprint density at radius 2 is 1.88 bits per heavy atom. The first-order valence-electron chi connectivity index (χ1n) is 8.78. The molecule has 0 aliphatic carbocycles. The lowest BCUT2D eigenvalue weighted by molar-refractivity contribution is -0.146. The molecule has 5 heteroatoms. The lowest BCUT2D eigenvalue weighted by Crippen LogP contribution is -2.53. The topological polar surface area (TPSA) is 60.9 Å². The Morgan fingerprint density at radius 3 is 2.50 bits per heavy atom. The Kier molecular flexibility index (Phi) is 4.90. The van der Waals surface area contributed by atoms with Crippen LogP contribution >= 0.6 is 0 Å². The van der Waals surface area contributed by atoms with E-state index in [1.54, 1.807) is 4.90 Å². The molecule has 1 atom stereocenters. The number of aliphatic hydroxyl groups is 1. The molecule has 0 bridgehead atoms. The van der Waals surface area contributed by atoms with Crippen LogP contribution in [0.15, 0.2) is 30.3 Å². The highest BCUT2D eigenvalue weighted by Gasteiger charge is 2.41. The van der Waals surface area contributed by atoms with Crippen molar-refractivity contribution < 1.29 is 14.7 Å². The number of hydrogen-bond acceptors (Lipinski definition) is 3. The van der Waals surface area contributed by atoms with Crippen LogP contribution in [0.1, 0.15) is 38.2 Å². The van der Waals surface area contributed by atoms with Gasteiger partial charge in [-0.3, -0.25) is 9.59 Å². The number of benzene rings is 1. The van der Waals surface area contributed by atoms with Crippen LogP contribution in [-0.2, 0) is 16.1 Å². The summed E-state index contributed by atoms with van der Waals surface area (Å²) in [5, 5.41) is 9.47. The van der Waals surface area contributed by atoms with Gasteiger partial charge >= 0.3 is 0 Å². The predicted molar refractivity (Wildman–Crippen MR) is 91.0 cm³/mol. The zero-order valence-corrected chi connectivity index (χ0v) is 14.3. The second kappa shape index (κ2) is 6.93. The normalized spacial score (nSPS) is 21.8. The van der Waals surface area contributed by atoms with Gasteiger partial charge in [0.25, 0.3) is 5.91 Å². The largest absolute Gasteiger partial charge is 0.384 e. The molecule has 130 valence electrons. The van der Waals surface area contributed by atoms with Crippen LogP contribution in [0.25, 0.3) is 0 Å². The summed E-state index contributed by atoms with van der Waals surface area (Å²) in [4.78, 5) is 28.0. The summed E-state index contributed by atoms with van der Waals surface area (Å²) in [6.45, 7) is 4.32. The number of amides is 2.